The number of thioether (sulfide) groups is 1. The fraction of sp³-hybridized carbons (Fsp3) is 0.500. The topological polar surface area (TPSA) is 72.2 Å². The molecule has 18 heavy (non-hydrogen) atoms. The first-order chi connectivity index (χ1) is 8.38. The van der Waals surface area contributed by atoms with E-state index in [-0.39, 0.29) is 4.90 Å². The van der Waals surface area contributed by atoms with E-state index in [0.717, 1.165) is 5.75 Å². The Hall–Kier alpha value is -0.720. The van der Waals surface area contributed by atoms with Crippen molar-refractivity contribution in [2.24, 2.45) is 5.92 Å². The fourth-order valence-electron chi connectivity index (χ4n) is 1.60. The summed E-state index contributed by atoms with van der Waals surface area (Å²) in [7, 11) is -3.47. The van der Waals surface area contributed by atoms with Gasteiger partial charge in [-0.2, -0.15) is 11.8 Å². The van der Waals surface area contributed by atoms with E-state index in [1.807, 2.05) is 13.2 Å². The average molecular weight is 288 g/mol. The summed E-state index contributed by atoms with van der Waals surface area (Å²) >= 11 is 1.71. The van der Waals surface area contributed by atoms with Gasteiger partial charge in [0.25, 0.3) is 0 Å². The van der Waals surface area contributed by atoms with Crippen molar-refractivity contribution >= 4 is 27.5 Å². The largest absolute Gasteiger partial charge is 0.398 e. The highest BCUT2D eigenvalue weighted by Crippen LogP contribution is 2.20. The number of nitrogens with one attached hydrogen (secondary N) is 1. The molecular formula is C12H20N2O2S2. The van der Waals surface area contributed by atoms with Crippen LogP contribution in [0, 0.1) is 12.8 Å². The second-order valence-electron chi connectivity index (χ2n) is 4.38. The van der Waals surface area contributed by atoms with Gasteiger partial charge in [0.2, 0.25) is 10.0 Å². The first kappa shape index (κ1) is 15.3. The molecule has 0 amide bonds. The van der Waals surface area contributed by atoms with Crippen molar-refractivity contribution in [3.05, 3.63) is 23.8 Å². The molecule has 0 radical (unpaired) electrons. The van der Waals surface area contributed by atoms with E-state index < -0.39 is 10.0 Å². The van der Waals surface area contributed by atoms with Crippen molar-refractivity contribution < 1.29 is 8.42 Å². The number of nitrogens with two attached hydrogens (primary N) is 1. The summed E-state index contributed by atoms with van der Waals surface area (Å²) in [6.07, 6.45) is 2.01. The van der Waals surface area contributed by atoms with Crippen LogP contribution < -0.4 is 10.5 Å². The summed E-state index contributed by atoms with van der Waals surface area (Å²) in [5, 5.41) is 0. The molecule has 0 heterocycles. The number of sulfonamides is 1. The molecule has 0 saturated heterocycles. The van der Waals surface area contributed by atoms with Gasteiger partial charge >= 0.3 is 0 Å². The van der Waals surface area contributed by atoms with Crippen molar-refractivity contribution in [3.63, 3.8) is 0 Å². The van der Waals surface area contributed by atoms with Crippen LogP contribution in [0.25, 0.3) is 0 Å². The van der Waals surface area contributed by atoms with E-state index in [1.165, 1.54) is 0 Å². The molecule has 1 aromatic rings. The molecule has 0 aliphatic heterocycles. The Balaban J connectivity index is 2.84. The van der Waals surface area contributed by atoms with Crippen LogP contribution in [0.2, 0.25) is 0 Å². The number of hydrogen-bond acceptors (Lipinski definition) is 4. The van der Waals surface area contributed by atoms with E-state index in [4.69, 9.17) is 5.73 Å². The Kier molecular flexibility index (Phi) is 5.49. The van der Waals surface area contributed by atoms with Crippen LogP contribution in [-0.4, -0.2) is 27.0 Å². The minimum absolute atomic E-state index is 0.263. The van der Waals surface area contributed by atoms with E-state index in [0.29, 0.717) is 23.7 Å². The van der Waals surface area contributed by atoms with Crippen molar-refractivity contribution in [2.45, 2.75) is 18.7 Å². The zero-order valence-corrected chi connectivity index (χ0v) is 12.6. The molecule has 1 rings (SSSR count). The van der Waals surface area contributed by atoms with Crippen molar-refractivity contribution in [3.8, 4) is 0 Å². The highest BCUT2D eigenvalue weighted by Gasteiger charge is 2.18. The molecule has 3 N–H and O–H groups in total. The molecule has 0 fully saturated rings. The number of anilines is 1. The normalized spacial score (nSPS) is 13.5. The fourth-order valence-corrected chi connectivity index (χ4v) is 3.72. The Morgan fingerprint density at radius 3 is 2.72 bits per heavy atom. The SMILES string of the molecule is CSCC(C)CNS(=O)(=O)c1cccc(N)c1C. The van der Waals surface area contributed by atoms with Gasteiger partial charge in [0.1, 0.15) is 0 Å². The Morgan fingerprint density at radius 2 is 2.11 bits per heavy atom. The smallest absolute Gasteiger partial charge is 0.240 e. The summed E-state index contributed by atoms with van der Waals surface area (Å²) in [6.45, 7) is 4.18. The predicted octanol–water partition coefficient (Wildman–Crippen LogP) is 1.85. The lowest BCUT2D eigenvalue weighted by Crippen LogP contribution is -2.29. The Labute approximate surface area is 113 Å². The average Bonchev–Trinajstić information content (AvgIpc) is 2.30. The standard InChI is InChI=1S/C12H20N2O2S2/c1-9(8-17-3)7-14-18(15,16)12-6-4-5-11(13)10(12)2/h4-6,9,14H,7-8,13H2,1-3H3. The maximum absolute atomic E-state index is 12.1. The van der Waals surface area contributed by atoms with Crippen molar-refractivity contribution in [1.29, 1.82) is 0 Å². The van der Waals surface area contributed by atoms with E-state index in [1.54, 1.807) is 36.9 Å². The lowest BCUT2D eigenvalue weighted by atomic mass is 10.2. The highest BCUT2D eigenvalue weighted by atomic mass is 32.2. The van der Waals surface area contributed by atoms with Crippen molar-refractivity contribution in [1.82, 2.24) is 4.72 Å². The predicted molar refractivity (Wildman–Crippen MR) is 78.3 cm³/mol. The first-order valence-electron chi connectivity index (χ1n) is 5.72. The van der Waals surface area contributed by atoms with Gasteiger partial charge in [-0.25, -0.2) is 13.1 Å². The maximum atomic E-state index is 12.1. The van der Waals surface area contributed by atoms with Crippen LogP contribution in [-0.2, 0) is 10.0 Å². The minimum Gasteiger partial charge on any atom is -0.398 e. The second-order valence-corrected chi connectivity index (χ2v) is 7.03. The van der Waals surface area contributed by atoms with Gasteiger partial charge in [-0.1, -0.05) is 13.0 Å². The van der Waals surface area contributed by atoms with E-state index in [9.17, 15) is 8.42 Å². The van der Waals surface area contributed by atoms with Crippen LogP contribution in [0.5, 0.6) is 0 Å². The van der Waals surface area contributed by atoms with E-state index in [2.05, 4.69) is 4.72 Å². The number of nitrogen functional groups attached to an aromatic ring is 1. The molecule has 6 heteroatoms. The quantitative estimate of drug-likeness (QED) is 0.784. The molecule has 0 aliphatic rings. The Bertz CT molecular complexity index is 501. The van der Waals surface area contributed by atoms with Gasteiger partial charge in [-0.15, -0.1) is 0 Å². The molecule has 102 valence electrons. The molecular weight excluding hydrogens is 268 g/mol. The van der Waals surface area contributed by atoms with Gasteiger partial charge in [0, 0.05) is 12.2 Å². The molecule has 1 unspecified atom stereocenters. The van der Waals surface area contributed by atoms with Crippen LogP contribution in [0.4, 0.5) is 5.69 Å². The molecule has 1 aromatic carbocycles. The number of benzene rings is 1. The van der Waals surface area contributed by atoms with Crippen LogP contribution >= 0.6 is 11.8 Å². The monoisotopic (exact) mass is 288 g/mol. The zero-order valence-electron chi connectivity index (χ0n) is 10.9. The highest BCUT2D eigenvalue weighted by molar-refractivity contribution is 7.98. The molecule has 0 saturated carbocycles. The van der Waals surface area contributed by atoms with Gasteiger partial charge in [-0.3, -0.25) is 0 Å². The molecule has 1 atom stereocenters. The van der Waals surface area contributed by atoms with Gasteiger partial charge in [0.05, 0.1) is 4.90 Å². The van der Waals surface area contributed by atoms with Gasteiger partial charge in [0.15, 0.2) is 0 Å². The summed E-state index contributed by atoms with van der Waals surface area (Å²) in [5.74, 6) is 1.23. The van der Waals surface area contributed by atoms with Crippen LogP contribution in [0.3, 0.4) is 0 Å². The lowest BCUT2D eigenvalue weighted by molar-refractivity contribution is 0.562. The second kappa shape index (κ2) is 6.45. The van der Waals surface area contributed by atoms with Crippen LogP contribution in [0.15, 0.2) is 23.1 Å². The zero-order chi connectivity index (χ0) is 13.8. The third-order valence-corrected chi connectivity index (χ3v) is 5.16. The molecule has 0 spiro atoms. The summed E-state index contributed by atoms with van der Waals surface area (Å²) in [6, 6.07) is 4.93. The molecule has 0 bridgehead atoms. The van der Waals surface area contributed by atoms with Gasteiger partial charge < -0.3 is 5.73 Å². The summed E-state index contributed by atoms with van der Waals surface area (Å²) in [4.78, 5) is 0.263. The van der Waals surface area contributed by atoms with Gasteiger partial charge in [-0.05, 0) is 42.5 Å². The van der Waals surface area contributed by atoms with Crippen molar-refractivity contribution in [2.75, 3.05) is 24.3 Å². The number of hydrogen-bond donors (Lipinski definition) is 2. The Morgan fingerprint density at radius 1 is 1.44 bits per heavy atom. The van der Waals surface area contributed by atoms with Crippen LogP contribution in [0.1, 0.15) is 12.5 Å². The third kappa shape index (κ3) is 3.90. The lowest BCUT2D eigenvalue weighted by Gasteiger charge is -2.13. The minimum atomic E-state index is -3.47. The maximum Gasteiger partial charge on any atom is 0.240 e. The summed E-state index contributed by atoms with van der Waals surface area (Å²) in [5.41, 5.74) is 6.82. The first-order valence-corrected chi connectivity index (χ1v) is 8.60. The third-order valence-electron chi connectivity index (χ3n) is 2.69. The molecule has 4 nitrogen and oxygen atoms in total. The number of rotatable bonds is 6. The summed E-state index contributed by atoms with van der Waals surface area (Å²) < 4.78 is 26.9. The molecule has 0 aliphatic carbocycles. The molecule has 0 aromatic heterocycles. The van der Waals surface area contributed by atoms with E-state index >= 15 is 0 Å².